The van der Waals surface area contributed by atoms with E-state index in [0.29, 0.717) is 11.4 Å². The van der Waals surface area contributed by atoms with Crippen LogP contribution in [-0.2, 0) is 6.61 Å². The van der Waals surface area contributed by atoms with Crippen molar-refractivity contribution in [2.75, 3.05) is 0 Å². The normalized spacial score (nSPS) is 17.8. The van der Waals surface area contributed by atoms with Gasteiger partial charge in [0, 0.05) is 22.7 Å². The predicted molar refractivity (Wildman–Crippen MR) is 61.2 cm³/mol. The second kappa shape index (κ2) is 3.49. The Kier molecular flexibility index (Phi) is 2.09. The number of para-hydroxylation sites is 2. The number of nitrogens with zero attached hydrogens (tertiary/aromatic N) is 3. The Labute approximate surface area is 97.9 Å². The molecule has 0 spiro atoms. The molecule has 1 aromatic carbocycles. The van der Waals surface area contributed by atoms with Crippen LogP contribution in [-0.4, -0.2) is 19.4 Å². The van der Waals surface area contributed by atoms with Crippen molar-refractivity contribution < 1.29 is 9.87 Å². The number of hydrogen-bond acceptors (Lipinski definition) is 3. The van der Waals surface area contributed by atoms with Gasteiger partial charge in [-0.25, -0.2) is 4.98 Å². The molecule has 3 rings (SSSR count). The number of aromatic nitrogens is 2. The molecule has 5 heteroatoms. The minimum Gasteiger partial charge on any atom is -0.390 e. The van der Waals surface area contributed by atoms with Gasteiger partial charge in [0.25, 0.3) is 5.69 Å². The molecule has 1 aliphatic rings. The average Bonchev–Trinajstić information content (AvgIpc) is 2.80. The van der Waals surface area contributed by atoms with E-state index in [0.717, 1.165) is 16.1 Å². The van der Waals surface area contributed by atoms with Crippen LogP contribution in [0.2, 0.25) is 0 Å². The first kappa shape index (κ1) is 10.2. The van der Waals surface area contributed by atoms with Gasteiger partial charge in [-0.2, -0.15) is 0 Å². The first-order chi connectivity index (χ1) is 8.24. The molecule has 2 heterocycles. The molecule has 0 radical (unpaired) electrons. The Bertz CT molecular complexity index is 604. The lowest BCUT2D eigenvalue weighted by molar-refractivity contribution is -0.512. The molecule has 0 bridgehead atoms. The molecule has 0 aliphatic carbocycles. The van der Waals surface area contributed by atoms with Crippen LogP contribution in [0.1, 0.15) is 24.4 Å². The minimum absolute atomic E-state index is 0.150. The third kappa shape index (κ3) is 1.26. The van der Waals surface area contributed by atoms with E-state index in [4.69, 9.17) is 0 Å². The molecular weight excluding hydrogens is 218 g/mol. The average molecular weight is 230 g/mol. The smallest absolute Gasteiger partial charge is 0.280 e. The second-order valence-electron chi connectivity index (χ2n) is 4.10. The zero-order valence-corrected chi connectivity index (χ0v) is 9.37. The van der Waals surface area contributed by atoms with Gasteiger partial charge in [0.1, 0.15) is 17.7 Å². The highest BCUT2D eigenvalue weighted by Crippen LogP contribution is 2.37. The van der Waals surface area contributed by atoms with Crippen molar-refractivity contribution in [1.29, 1.82) is 0 Å². The Balaban J connectivity index is 2.33. The summed E-state index contributed by atoms with van der Waals surface area (Å²) in [6.07, 6.45) is 1.66. The topological polar surface area (TPSA) is 58.1 Å². The van der Waals surface area contributed by atoms with Crippen molar-refractivity contribution in [2.24, 2.45) is 0 Å². The molecule has 1 N–H and O–H groups in total. The zero-order chi connectivity index (χ0) is 12.0. The maximum atomic E-state index is 12.1. The maximum Gasteiger partial charge on any atom is 0.280 e. The van der Waals surface area contributed by atoms with Crippen LogP contribution >= 0.6 is 0 Å². The summed E-state index contributed by atoms with van der Waals surface area (Å²) in [7, 11) is 0. The summed E-state index contributed by atoms with van der Waals surface area (Å²) in [6, 6.07) is 7.05. The van der Waals surface area contributed by atoms with Gasteiger partial charge in [-0.1, -0.05) is 12.1 Å². The lowest BCUT2D eigenvalue weighted by atomic mass is 10.1. The van der Waals surface area contributed by atoms with Crippen molar-refractivity contribution >= 4 is 5.69 Å². The van der Waals surface area contributed by atoms with Gasteiger partial charge < -0.3 is 5.11 Å². The first-order valence-electron chi connectivity index (χ1n) is 5.46. The van der Waals surface area contributed by atoms with Gasteiger partial charge in [-0.3, -0.25) is 4.57 Å². The number of imidazole rings is 1. The number of hydrogen-bond donors (Lipinski definition) is 1. The van der Waals surface area contributed by atoms with E-state index in [1.165, 1.54) is 0 Å². The Morgan fingerprint density at radius 3 is 3.00 bits per heavy atom. The van der Waals surface area contributed by atoms with Gasteiger partial charge in [0.2, 0.25) is 6.04 Å². The molecule has 1 aliphatic heterocycles. The summed E-state index contributed by atoms with van der Waals surface area (Å²) in [5.41, 5.74) is 2.77. The van der Waals surface area contributed by atoms with Crippen LogP contribution in [0.3, 0.4) is 0 Å². The third-order valence-corrected chi connectivity index (χ3v) is 3.16. The third-order valence-electron chi connectivity index (χ3n) is 3.16. The fourth-order valence-corrected chi connectivity index (χ4v) is 2.32. The largest absolute Gasteiger partial charge is 0.390 e. The quantitative estimate of drug-likeness (QED) is 0.760. The maximum absolute atomic E-state index is 12.1. The Hall–Kier alpha value is -2.01. The van der Waals surface area contributed by atoms with E-state index in [1.807, 2.05) is 29.7 Å². The minimum atomic E-state index is -0.338. The standard InChI is InChI=1S/C12H12N3O2/c1-8-12-9(6-16)13-7-14(12)10-4-2-3-5-11(10)15(8)17/h2-5,7-8,16H,6H2,1H3/q+1. The van der Waals surface area contributed by atoms with E-state index in [2.05, 4.69) is 4.98 Å². The van der Waals surface area contributed by atoms with Crippen LogP contribution in [0, 0.1) is 4.91 Å². The van der Waals surface area contributed by atoms with E-state index >= 15 is 0 Å². The number of nitroso groups, excluding NO2 is 1. The molecular formula is C12H12N3O2+. The van der Waals surface area contributed by atoms with Crippen LogP contribution in [0.25, 0.3) is 5.69 Å². The predicted octanol–water partition coefficient (Wildman–Crippen LogP) is 1.85. The summed E-state index contributed by atoms with van der Waals surface area (Å²) < 4.78 is 2.84. The molecule has 86 valence electrons. The van der Waals surface area contributed by atoms with Crippen molar-refractivity contribution in [3.63, 3.8) is 0 Å². The molecule has 17 heavy (non-hydrogen) atoms. The van der Waals surface area contributed by atoms with Gasteiger partial charge in [-0.05, 0) is 6.07 Å². The lowest BCUT2D eigenvalue weighted by Gasteiger charge is -2.17. The second-order valence-corrected chi connectivity index (χ2v) is 4.10. The molecule has 2 aromatic rings. The van der Waals surface area contributed by atoms with Gasteiger partial charge in [0.05, 0.1) is 12.3 Å². The molecule has 0 amide bonds. The fraction of sp³-hybridized carbons (Fsp3) is 0.250. The zero-order valence-electron chi connectivity index (χ0n) is 9.37. The Morgan fingerprint density at radius 2 is 2.24 bits per heavy atom. The molecule has 0 saturated carbocycles. The molecule has 1 unspecified atom stereocenters. The van der Waals surface area contributed by atoms with Crippen molar-refractivity contribution in [3.8, 4) is 5.69 Å². The summed E-state index contributed by atoms with van der Waals surface area (Å²) in [5, 5.41) is 9.24. The first-order valence-corrected chi connectivity index (χ1v) is 5.46. The van der Waals surface area contributed by atoms with Gasteiger partial charge in [-0.15, -0.1) is 0 Å². The molecule has 5 nitrogen and oxygen atoms in total. The van der Waals surface area contributed by atoms with Crippen LogP contribution in [0.5, 0.6) is 0 Å². The fourth-order valence-electron chi connectivity index (χ4n) is 2.32. The van der Waals surface area contributed by atoms with Crippen molar-refractivity contribution in [1.82, 2.24) is 9.55 Å². The number of aliphatic hydroxyl groups excluding tert-OH is 1. The number of benzene rings is 1. The SMILES string of the molecule is CC1c2c(CO)ncn2-c2ccccc2[N+]1=O. The number of aliphatic hydroxyl groups is 1. The lowest BCUT2D eigenvalue weighted by Crippen LogP contribution is -2.20. The monoisotopic (exact) mass is 230 g/mol. The summed E-state index contributed by atoms with van der Waals surface area (Å²) in [6.45, 7) is 1.66. The van der Waals surface area contributed by atoms with Crippen LogP contribution in [0.15, 0.2) is 30.6 Å². The summed E-state index contributed by atoms with van der Waals surface area (Å²) in [5.74, 6) is 0. The number of rotatable bonds is 1. The van der Waals surface area contributed by atoms with Gasteiger partial charge in [0.15, 0.2) is 0 Å². The van der Waals surface area contributed by atoms with Gasteiger partial charge >= 0.3 is 0 Å². The summed E-state index contributed by atoms with van der Waals surface area (Å²) in [4.78, 5) is 16.3. The highest BCUT2D eigenvalue weighted by molar-refractivity contribution is 5.55. The molecule has 1 atom stereocenters. The Morgan fingerprint density at radius 1 is 1.47 bits per heavy atom. The highest BCUT2D eigenvalue weighted by atomic mass is 16.3. The van der Waals surface area contributed by atoms with Crippen molar-refractivity contribution in [3.05, 3.63) is 46.9 Å². The van der Waals surface area contributed by atoms with E-state index < -0.39 is 0 Å². The van der Waals surface area contributed by atoms with Crippen LogP contribution in [0.4, 0.5) is 5.69 Å². The van der Waals surface area contributed by atoms with Crippen molar-refractivity contribution in [2.45, 2.75) is 19.6 Å². The molecule has 0 saturated heterocycles. The highest BCUT2D eigenvalue weighted by Gasteiger charge is 2.38. The number of fused-ring (bicyclic) bond motifs is 3. The molecule has 1 aromatic heterocycles. The van der Waals surface area contributed by atoms with Crippen LogP contribution < -0.4 is 0 Å². The van der Waals surface area contributed by atoms with E-state index in [1.54, 1.807) is 12.4 Å². The van der Waals surface area contributed by atoms with E-state index in [-0.39, 0.29) is 12.6 Å². The van der Waals surface area contributed by atoms with E-state index in [9.17, 15) is 10.0 Å². The summed E-state index contributed by atoms with van der Waals surface area (Å²) >= 11 is 0. The molecule has 0 fully saturated rings.